The number of para-hydroxylation sites is 1. The number of aryl methyl sites for hydroxylation is 1. The van der Waals surface area contributed by atoms with Gasteiger partial charge in [0.1, 0.15) is 11.5 Å². The summed E-state index contributed by atoms with van der Waals surface area (Å²) in [5.74, 6) is -1.11. The lowest BCUT2D eigenvalue weighted by molar-refractivity contribution is 0.103. The van der Waals surface area contributed by atoms with Gasteiger partial charge in [-0.05, 0) is 36.8 Å². The van der Waals surface area contributed by atoms with Gasteiger partial charge in [-0.2, -0.15) is 0 Å². The van der Waals surface area contributed by atoms with Gasteiger partial charge in [0, 0.05) is 0 Å². The molecule has 0 aliphatic carbocycles. The number of benzene rings is 2. The molecule has 0 saturated carbocycles. The fourth-order valence-corrected chi connectivity index (χ4v) is 1.95. The van der Waals surface area contributed by atoms with Crippen molar-refractivity contribution in [3.05, 3.63) is 47.0 Å². The van der Waals surface area contributed by atoms with Crippen molar-refractivity contribution in [3.8, 4) is 23.0 Å². The van der Waals surface area contributed by atoms with Gasteiger partial charge in [-0.1, -0.05) is 6.07 Å². The van der Waals surface area contributed by atoms with Gasteiger partial charge in [-0.15, -0.1) is 0 Å². The first kappa shape index (κ1) is 13.7. The van der Waals surface area contributed by atoms with Gasteiger partial charge < -0.3 is 20.1 Å². The number of aromatic hydroxyl groups is 3. The Bertz CT molecular complexity index is 676. The molecule has 0 aliphatic heterocycles. The lowest BCUT2D eigenvalue weighted by Crippen LogP contribution is -2.03. The van der Waals surface area contributed by atoms with Crippen molar-refractivity contribution >= 4 is 5.78 Å². The van der Waals surface area contributed by atoms with E-state index in [1.165, 1.54) is 25.3 Å². The van der Waals surface area contributed by atoms with Gasteiger partial charge in [0.25, 0.3) is 0 Å². The minimum Gasteiger partial charge on any atom is -0.508 e. The summed E-state index contributed by atoms with van der Waals surface area (Å²) in [6.45, 7) is 1.57. The molecule has 2 aromatic carbocycles. The maximum atomic E-state index is 12.4. The molecule has 0 aliphatic rings. The Hall–Kier alpha value is -2.69. The standard InChI is InChI=1S/C15H14O5/c1-8-6-9(16)7-11(13(8)17)14(18)10-4-3-5-12(20-2)15(10)19/h3-7,16-17,19H,1-2H3. The van der Waals surface area contributed by atoms with Crippen LogP contribution in [0.4, 0.5) is 0 Å². The molecule has 2 rings (SSSR count). The Balaban J connectivity index is 2.58. The third kappa shape index (κ3) is 2.25. The first-order chi connectivity index (χ1) is 9.45. The molecule has 5 nitrogen and oxygen atoms in total. The van der Waals surface area contributed by atoms with Crippen molar-refractivity contribution in [2.75, 3.05) is 7.11 Å². The fraction of sp³-hybridized carbons (Fsp3) is 0.133. The van der Waals surface area contributed by atoms with Gasteiger partial charge >= 0.3 is 0 Å². The topological polar surface area (TPSA) is 87.0 Å². The smallest absolute Gasteiger partial charge is 0.200 e. The lowest BCUT2D eigenvalue weighted by Gasteiger charge is -2.10. The molecule has 0 saturated heterocycles. The predicted octanol–water partition coefficient (Wildman–Crippen LogP) is 2.35. The van der Waals surface area contributed by atoms with E-state index in [0.29, 0.717) is 5.56 Å². The lowest BCUT2D eigenvalue weighted by atomic mass is 9.99. The van der Waals surface area contributed by atoms with Crippen LogP contribution in [-0.2, 0) is 0 Å². The average Bonchev–Trinajstić information content (AvgIpc) is 2.42. The Morgan fingerprint density at radius 1 is 1.05 bits per heavy atom. The number of hydrogen-bond donors (Lipinski definition) is 3. The van der Waals surface area contributed by atoms with Gasteiger partial charge in [-0.25, -0.2) is 0 Å². The molecule has 0 amide bonds. The van der Waals surface area contributed by atoms with Crippen LogP contribution in [0.2, 0.25) is 0 Å². The number of hydrogen-bond acceptors (Lipinski definition) is 5. The molecule has 0 heterocycles. The number of ether oxygens (including phenoxy) is 1. The van der Waals surface area contributed by atoms with Crippen LogP contribution in [0.25, 0.3) is 0 Å². The summed E-state index contributed by atoms with van der Waals surface area (Å²) in [4.78, 5) is 12.4. The molecular weight excluding hydrogens is 260 g/mol. The van der Waals surface area contributed by atoms with Gasteiger partial charge in [0.2, 0.25) is 5.78 Å². The maximum absolute atomic E-state index is 12.4. The zero-order valence-corrected chi connectivity index (χ0v) is 11.0. The van der Waals surface area contributed by atoms with Crippen LogP contribution in [-0.4, -0.2) is 28.2 Å². The summed E-state index contributed by atoms with van der Waals surface area (Å²) in [7, 11) is 1.37. The SMILES string of the molecule is COc1cccc(C(=O)c2cc(O)cc(C)c2O)c1O. The highest BCUT2D eigenvalue weighted by molar-refractivity contribution is 6.13. The van der Waals surface area contributed by atoms with E-state index in [4.69, 9.17) is 4.74 Å². The van der Waals surface area contributed by atoms with Crippen LogP contribution in [0.5, 0.6) is 23.0 Å². The van der Waals surface area contributed by atoms with Gasteiger partial charge in [0.05, 0.1) is 18.2 Å². The first-order valence-electron chi connectivity index (χ1n) is 5.89. The van der Waals surface area contributed by atoms with Crippen LogP contribution < -0.4 is 4.74 Å². The van der Waals surface area contributed by atoms with E-state index < -0.39 is 5.78 Å². The highest BCUT2D eigenvalue weighted by Gasteiger charge is 2.21. The summed E-state index contributed by atoms with van der Waals surface area (Å²) in [6, 6.07) is 6.98. The average molecular weight is 274 g/mol. The molecule has 104 valence electrons. The number of phenolic OH excluding ortho intramolecular Hbond substituents is 3. The normalized spacial score (nSPS) is 10.3. The second-order valence-electron chi connectivity index (χ2n) is 4.34. The Morgan fingerprint density at radius 2 is 1.75 bits per heavy atom. The van der Waals surface area contributed by atoms with E-state index >= 15 is 0 Å². The van der Waals surface area contributed by atoms with Crippen LogP contribution in [0.15, 0.2) is 30.3 Å². The van der Waals surface area contributed by atoms with Crippen molar-refractivity contribution in [3.63, 3.8) is 0 Å². The van der Waals surface area contributed by atoms with E-state index in [1.54, 1.807) is 13.0 Å². The Labute approximate surface area is 115 Å². The quantitative estimate of drug-likeness (QED) is 0.590. The number of ketones is 1. The zero-order valence-electron chi connectivity index (χ0n) is 11.0. The number of rotatable bonds is 3. The highest BCUT2D eigenvalue weighted by atomic mass is 16.5. The van der Waals surface area contributed by atoms with Crippen molar-refractivity contribution in [1.82, 2.24) is 0 Å². The van der Waals surface area contributed by atoms with Gasteiger partial charge in [0.15, 0.2) is 11.5 Å². The molecule has 0 fully saturated rings. The number of phenols is 3. The summed E-state index contributed by atoms with van der Waals surface area (Å²) < 4.78 is 4.94. The molecular formula is C15H14O5. The van der Waals surface area contributed by atoms with Gasteiger partial charge in [-0.3, -0.25) is 4.79 Å². The highest BCUT2D eigenvalue weighted by Crippen LogP contribution is 2.34. The second kappa shape index (κ2) is 5.13. The van der Waals surface area contributed by atoms with Crippen molar-refractivity contribution < 1.29 is 24.9 Å². The number of carbonyl (C=O) groups excluding carboxylic acids is 1. The summed E-state index contributed by atoms with van der Waals surface area (Å²) in [6.07, 6.45) is 0. The van der Waals surface area contributed by atoms with E-state index in [-0.39, 0.29) is 34.1 Å². The minimum absolute atomic E-state index is 0.00958. The first-order valence-corrected chi connectivity index (χ1v) is 5.89. The molecule has 3 N–H and O–H groups in total. The molecule has 0 atom stereocenters. The predicted molar refractivity (Wildman–Crippen MR) is 72.6 cm³/mol. The zero-order chi connectivity index (χ0) is 14.9. The molecule has 0 radical (unpaired) electrons. The van der Waals surface area contributed by atoms with E-state index in [2.05, 4.69) is 0 Å². The Kier molecular flexibility index (Phi) is 3.52. The number of carbonyl (C=O) groups is 1. The monoisotopic (exact) mass is 274 g/mol. The number of methoxy groups -OCH3 is 1. The summed E-state index contributed by atoms with van der Waals surface area (Å²) in [5.41, 5.74) is 0.284. The van der Waals surface area contributed by atoms with Crippen molar-refractivity contribution in [2.45, 2.75) is 6.92 Å². The molecule has 0 spiro atoms. The second-order valence-corrected chi connectivity index (χ2v) is 4.34. The van der Waals surface area contributed by atoms with E-state index in [1.807, 2.05) is 0 Å². The largest absolute Gasteiger partial charge is 0.508 e. The maximum Gasteiger partial charge on any atom is 0.200 e. The Morgan fingerprint density at radius 3 is 2.40 bits per heavy atom. The van der Waals surface area contributed by atoms with E-state index in [0.717, 1.165) is 6.07 Å². The third-order valence-corrected chi connectivity index (χ3v) is 2.99. The molecule has 0 bridgehead atoms. The van der Waals surface area contributed by atoms with Crippen LogP contribution in [0, 0.1) is 6.92 Å². The van der Waals surface area contributed by atoms with Crippen LogP contribution in [0.1, 0.15) is 21.5 Å². The van der Waals surface area contributed by atoms with Crippen molar-refractivity contribution in [1.29, 1.82) is 0 Å². The minimum atomic E-state index is -0.599. The third-order valence-electron chi connectivity index (χ3n) is 2.99. The molecule has 20 heavy (non-hydrogen) atoms. The van der Waals surface area contributed by atoms with Crippen molar-refractivity contribution in [2.24, 2.45) is 0 Å². The van der Waals surface area contributed by atoms with E-state index in [9.17, 15) is 20.1 Å². The summed E-state index contributed by atoms with van der Waals surface area (Å²) in [5, 5.41) is 29.4. The van der Waals surface area contributed by atoms with Crippen LogP contribution >= 0.6 is 0 Å². The van der Waals surface area contributed by atoms with Crippen LogP contribution in [0.3, 0.4) is 0 Å². The molecule has 0 unspecified atom stereocenters. The molecule has 5 heteroatoms. The fourth-order valence-electron chi connectivity index (χ4n) is 1.95. The summed E-state index contributed by atoms with van der Waals surface area (Å²) >= 11 is 0. The molecule has 2 aromatic rings. The molecule has 0 aromatic heterocycles.